The highest BCUT2D eigenvalue weighted by Gasteiger charge is 2.28. The molecule has 0 spiro atoms. The number of nitrogens with zero attached hydrogens (tertiary/aromatic N) is 4. The van der Waals surface area contributed by atoms with Gasteiger partial charge in [-0.1, -0.05) is 11.6 Å². The van der Waals surface area contributed by atoms with E-state index in [9.17, 15) is 14.0 Å². The van der Waals surface area contributed by atoms with E-state index in [2.05, 4.69) is 25.0 Å². The predicted octanol–water partition coefficient (Wildman–Crippen LogP) is 2.52. The Bertz CT molecular complexity index is 1250. The first-order chi connectivity index (χ1) is 13.5. The number of hydrogen-bond donors (Lipinski definition) is 2. The van der Waals surface area contributed by atoms with E-state index in [0.29, 0.717) is 22.3 Å². The molecule has 0 radical (unpaired) electrons. The molecule has 1 aliphatic rings. The smallest absolute Gasteiger partial charge is 0.313 e. The number of nitrogens with one attached hydrogen (secondary N) is 2. The van der Waals surface area contributed by atoms with Crippen molar-refractivity contribution >= 4 is 17.2 Å². The van der Waals surface area contributed by atoms with Gasteiger partial charge in [-0.15, -0.1) is 0 Å². The molecule has 0 bridgehead atoms. The first-order valence-electron chi connectivity index (χ1n) is 8.45. The molecule has 0 amide bonds. The summed E-state index contributed by atoms with van der Waals surface area (Å²) in [6.45, 7) is 0. The van der Waals surface area contributed by atoms with E-state index in [1.165, 1.54) is 6.20 Å². The van der Waals surface area contributed by atoms with Gasteiger partial charge in [0.2, 0.25) is 5.95 Å². The average Bonchev–Trinajstić information content (AvgIpc) is 3.46. The zero-order valence-corrected chi connectivity index (χ0v) is 15.2. The molecular formula is C18H14ClFN6O2. The normalized spacial score (nSPS) is 13.2. The van der Waals surface area contributed by atoms with E-state index < -0.39 is 17.2 Å². The standard InChI is InChI=1S/C13H10FN5O2.C5H4ClN/c14-10-5-15-11-7(6-1-2-6)3-9(18-19(10)11)8-4-16-13(21)17-12(8)20;6-5-2-1-3-7-4-5/h3-6H,1-2H2,(H2,16,17,20,21);1-4H. The van der Waals surface area contributed by atoms with Crippen molar-refractivity contribution < 1.29 is 4.39 Å². The van der Waals surface area contributed by atoms with Gasteiger partial charge in [0.25, 0.3) is 5.56 Å². The number of fused-ring (bicyclic) bond motifs is 1. The van der Waals surface area contributed by atoms with Gasteiger partial charge >= 0.3 is 5.69 Å². The van der Waals surface area contributed by atoms with Crippen molar-refractivity contribution in [2.45, 2.75) is 18.8 Å². The fourth-order valence-electron chi connectivity index (χ4n) is 2.73. The van der Waals surface area contributed by atoms with Crippen LogP contribution < -0.4 is 11.2 Å². The van der Waals surface area contributed by atoms with Crippen LogP contribution in [-0.2, 0) is 0 Å². The van der Waals surface area contributed by atoms with Crippen molar-refractivity contribution in [3.8, 4) is 11.3 Å². The first kappa shape index (κ1) is 18.1. The Morgan fingerprint density at radius 3 is 2.68 bits per heavy atom. The number of aromatic nitrogens is 6. The van der Waals surface area contributed by atoms with Crippen LogP contribution in [0.4, 0.5) is 4.39 Å². The van der Waals surface area contributed by atoms with Crippen molar-refractivity contribution in [2.75, 3.05) is 0 Å². The number of imidazole rings is 1. The second kappa shape index (κ2) is 7.35. The summed E-state index contributed by atoms with van der Waals surface area (Å²) in [4.78, 5) is 35.2. The van der Waals surface area contributed by atoms with Crippen LogP contribution in [0.5, 0.6) is 0 Å². The molecule has 8 nitrogen and oxygen atoms in total. The third-order valence-electron chi connectivity index (χ3n) is 4.19. The minimum atomic E-state index is -0.596. The van der Waals surface area contributed by atoms with Crippen LogP contribution in [0.15, 0.2) is 52.6 Å². The van der Waals surface area contributed by atoms with Gasteiger partial charge in [-0.3, -0.25) is 14.8 Å². The summed E-state index contributed by atoms with van der Waals surface area (Å²) < 4.78 is 14.9. The molecule has 0 aromatic carbocycles. The Hall–Kier alpha value is -3.33. The lowest BCUT2D eigenvalue weighted by molar-refractivity contribution is 0.549. The fourth-order valence-corrected chi connectivity index (χ4v) is 2.86. The van der Waals surface area contributed by atoms with Crippen LogP contribution in [0.2, 0.25) is 5.02 Å². The van der Waals surface area contributed by atoms with Gasteiger partial charge < -0.3 is 4.98 Å². The van der Waals surface area contributed by atoms with Gasteiger partial charge in [0.15, 0.2) is 5.65 Å². The molecule has 0 aliphatic heterocycles. The Labute approximate surface area is 162 Å². The third-order valence-corrected chi connectivity index (χ3v) is 4.42. The van der Waals surface area contributed by atoms with Gasteiger partial charge in [0.05, 0.1) is 22.5 Å². The predicted molar refractivity (Wildman–Crippen MR) is 101 cm³/mol. The summed E-state index contributed by atoms with van der Waals surface area (Å²) in [6, 6.07) is 5.32. The molecule has 142 valence electrons. The topological polar surface area (TPSA) is 109 Å². The lowest BCUT2D eigenvalue weighted by atomic mass is 10.1. The molecule has 4 aromatic rings. The molecule has 5 rings (SSSR count). The SMILES string of the molecule is Clc1cccnc1.O=c1[nH]cc(-c2cc(C3CC3)c3ncc(F)n3n2)c(=O)[nH]1. The zero-order chi connectivity index (χ0) is 19.7. The Morgan fingerprint density at radius 2 is 2.07 bits per heavy atom. The summed E-state index contributed by atoms with van der Waals surface area (Å²) >= 11 is 5.48. The van der Waals surface area contributed by atoms with E-state index >= 15 is 0 Å². The maximum atomic E-state index is 13.8. The van der Waals surface area contributed by atoms with Crippen LogP contribution >= 0.6 is 11.6 Å². The molecule has 10 heteroatoms. The molecule has 28 heavy (non-hydrogen) atoms. The third kappa shape index (κ3) is 3.70. The minimum absolute atomic E-state index is 0.187. The second-order valence-electron chi connectivity index (χ2n) is 6.23. The summed E-state index contributed by atoms with van der Waals surface area (Å²) in [7, 11) is 0. The molecule has 1 saturated carbocycles. The highest BCUT2D eigenvalue weighted by molar-refractivity contribution is 6.30. The Balaban J connectivity index is 0.000000233. The molecule has 2 N–H and O–H groups in total. The van der Waals surface area contributed by atoms with Crippen molar-refractivity contribution in [3.05, 3.63) is 80.4 Å². The van der Waals surface area contributed by atoms with Crippen LogP contribution in [0.1, 0.15) is 24.3 Å². The van der Waals surface area contributed by atoms with Gasteiger partial charge in [-0.2, -0.15) is 14.0 Å². The van der Waals surface area contributed by atoms with E-state index in [0.717, 1.165) is 29.1 Å². The number of pyridine rings is 1. The molecule has 0 atom stereocenters. The first-order valence-corrected chi connectivity index (χ1v) is 8.83. The molecular weight excluding hydrogens is 387 g/mol. The Kier molecular flexibility index (Phi) is 4.74. The van der Waals surface area contributed by atoms with Gasteiger partial charge in [-0.25, -0.2) is 9.78 Å². The summed E-state index contributed by atoms with van der Waals surface area (Å²) in [5, 5.41) is 4.79. The molecule has 4 aromatic heterocycles. The van der Waals surface area contributed by atoms with E-state index in [1.807, 2.05) is 0 Å². The minimum Gasteiger partial charge on any atom is -0.313 e. The van der Waals surface area contributed by atoms with Crippen LogP contribution in [0.25, 0.3) is 16.9 Å². The lowest BCUT2D eigenvalue weighted by Crippen LogP contribution is -2.23. The number of halogens is 2. The molecule has 0 unspecified atom stereocenters. The van der Waals surface area contributed by atoms with Crippen LogP contribution in [0.3, 0.4) is 0 Å². The summed E-state index contributed by atoms with van der Waals surface area (Å²) in [6.07, 6.45) is 7.69. The largest absolute Gasteiger partial charge is 0.325 e. The highest BCUT2D eigenvalue weighted by atomic mass is 35.5. The number of rotatable bonds is 2. The zero-order valence-electron chi connectivity index (χ0n) is 14.4. The van der Waals surface area contributed by atoms with Crippen LogP contribution in [-0.4, -0.2) is 29.5 Å². The maximum Gasteiger partial charge on any atom is 0.325 e. The maximum absolute atomic E-state index is 13.8. The van der Waals surface area contributed by atoms with Crippen molar-refractivity contribution in [3.63, 3.8) is 0 Å². The quantitative estimate of drug-likeness (QED) is 0.537. The summed E-state index contributed by atoms with van der Waals surface area (Å²) in [5.74, 6) is -0.271. The Morgan fingerprint density at radius 1 is 1.25 bits per heavy atom. The molecule has 1 fully saturated rings. The fraction of sp³-hybridized carbons (Fsp3) is 0.167. The highest BCUT2D eigenvalue weighted by Crippen LogP contribution is 2.42. The van der Waals surface area contributed by atoms with E-state index in [4.69, 9.17) is 11.6 Å². The van der Waals surface area contributed by atoms with E-state index in [-0.39, 0.29) is 5.56 Å². The summed E-state index contributed by atoms with van der Waals surface area (Å²) in [5.41, 5.74) is 0.674. The second-order valence-corrected chi connectivity index (χ2v) is 6.67. The van der Waals surface area contributed by atoms with Gasteiger partial charge in [-0.05, 0) is 37.0 Å². The average molecular weight is 401 g/mol. The van der Waals surface area contributed by atoms with Crippen LogP contribution in [0, 0.1) is 5.95 Å². The lowest BCUT2D eigenvalue weighted by Gasteiger charge is -2.06. The van der Waals surface area contributed by atoms with Gasteiger partial charge in [0.1, 0.15) is 0 Å². The van der Waals surface area contributed by atoms with Crippen molar-refractivity contribution in [1.82, 2.24) is 29.5 Å². The number of H-pyrrole nitrogens is 2. The number of aromatic amines is 2. The van der Waals surface area contributed by atoms with E-state index in [1.54, 1.807) is 30.6 Å². The van der Waals surface area contributed by atoms with Crippen molar-refractivity contribution in [1.29, 1.82) is 0 Å². The van der Waals surface area contributed by atoms with Gasteiger partial charge in [0, 0.05) is 24.2 Å². The van der Waals surface area contributed by atoms with Crippen molar-refractivity contribution in [2.24, 2.45) is 0 Å². The molecule has 4 heterocycles. The molecule has 0 saturated heterocycles. The molecule has 1 aliphatic carbocycles. The number of hydrogen-bond acceptors (Lipinski definition) is 5. The monoisotopic (exact) mass is 400 g/mol.